The fourth-order valence-electron chi connectivity index (χ4n) is 1.26. The number of aromatic nitrogens is 3. The lowest BCUT2D eigenvalue weighted by Gasteiger charge is -2.11. The van der Waals surface area contributed by atoms with E-state index in [1.165, 1.54) is 24.5 Å². The van der Waals surface area contributed by atoms with Crippen molar-refractivity contribution in [1.82, 2.24) is 15.2 Å². The predicted molar refractivity (Wildman–Crippen MR) is 53.4 cm³/mol. The van der Waals surface area contributed by atoms with E-state index in [1.807, 2.05) is 0 Å². The summed E-state index contributed by atoms with van der Waals surface area (Å²) in [4.78, 5) is 3.96. The van der Waals surface area contributed by atoms with Gasteiger partial charge in [-0.05, 0) is 18.2 Å². The van der Waals surface area contributed by atoms with Gasteiger partial charge in [0.25, 0.3) is 0 Å². The van der Waals surface area contributed by atoms with Gasteiger partial charge in [0.1, 0.15) is 11.4 Å². The molecular weight excluding hydrogens is 235 g/mol. The van der Waals surface area contributed by atoms with Gasteiger partial charge in [-0.2, -0.15) is 18.3 Å². The standard InChI is InChI=1S/C10H8F3N3O/c11-10(12,13)6-17-8-2-1-4-14-9(8)7-3-5-15-16-7/h1-5H,6H2,(H,15,16). The van der Waals surface area contributed by atoms with Crippen LogP contribution < -0.4 is 4.74 Å². The summed E-state index contributed by atoms with van der Waals surface area (Å²) in [6, 6.07) is 4.53. The molecule has 90 valence electrons. The number of pyridine rings is 1. The largest absolute Gasteiger partial charge is 0.482 e. The van der Waals surface area contributed by atoms with Crippen molar-refractivity contribution in [3.8, 4) is 17.1 Å². The van der Waals surface area contributed by atoms with Crippen LogP contribution in [0.4, 0.5) is 13.2 Å². The number of alkyl halides is 3. The quantitative estimate of drug-likeness (QED) is 0.900. The Morgan fingerprint density at radius 3 is 2.71 bits per heavy atom. The van der Waals surface area contributed by atoms with Crippen molar-refractivity contribution in [2.75, 3.05) is 6.61 Å². The number of rotatable bonds is 3. The maximum absolute atomic E-state index is 12.0. The van der Waals surface area contributed by atoms with Gasteiger partial charge >= 0.3 is 6.18 Å². The van der Waals surface area contributed by atoms with Gasteiger partial charge < -0.3 is 4.74 Å². The Bertz CT molecular complexity index is 482. The highest BCUT2D eigenvalue weighted by Crippen LogP contribution is 2.27. The van der Waals surface area contributed by atoms with Crippen LogP contribution >= 0.6 is 0 Å². The second-order valence-electron chi connectivity index (χ2n) is 3.22. The molecule has 2 aromatic rings. The van der Waals surface area contributed by atoms with E-state index in [0.29, 0.717) is 11.4 Å². The van der Waals surface area contributed by atoms with Crippen molar-refractivity contribution < 1.29 is 17.9 Å². The second kappa shape index (κ2) is 4.44. The lowest BCUT2D eigenvalue weighted by Crippen LogP contribution is -2.19. The number of H-pyrrole nitrogens is 1. The van der Waals surface area contributed by atoms with Crippen LogP contribution in [0.2, 0.25) is 0 Å². The first-order chi connectivity index (χ1) is 8.06. The van der Waals surface area contributed by atoms with Gasteiger partial charge in [-0.1, -0.05) is 0 Å². The highest BCUT2D eigenvalue weighted by Gasteiger charge is 2.29. The topological polar surface area (TPSA) is 50.8 Å². The molecule has 2 rings (SSSR count). The van der Waals surface area contributed by atoms with Gasteiger partial charge in [0.2, 0.25) is 0 Å². The van der Waals surface area contributed by atoms with E-state index in [1.54, 1.807) is 6.07 Å². The molecule has 0 bridgehead atoms. The SMILES string of the molecule is FC(F)(F)COc1cccnc1-c1ccn[nH]1. The third-order valence-corrected chi connectivity index (χ3v) is 1.92. The first kappa shape index (κ1) is 11.4. The molecule has 4 nitrogen and oxygen atoms in total. The lowest BCUT2D eigenvalue weighted by molar-refractivity contribution is -0.153. The summed E-state index contributed by atoms with van der Waals surface area (Å²) in [5, 5.41) is 6.32. The highest BCUT2D eigenvalue weighted by molar-refractivity contribution is 5.61. The second-order valence-corrected chi connectivity index (χ2v) is 3.22. The Morgan fingerprint density at radius 2 is 2.06 bits per heavy atom. The van der Waals surface area contributed by atoms with Crippen molar-refractivity contribution >= 4 is 0 Å². The van der Waals surface area contributed by atoms with Crippen molar-refractivity contribution in [2.24, 2.45) is 0 Å². The summed E-state index contributed by atoms with van der Waals surface area (Å²) in [6.07, 6.45) is -1.42. The van der Waals surface area contributed by atoms with Crippen LogP contribution in [0.1, 0.15) is 0 Å². The van der Waals surface area contributed by atoms with Gasteiger partial charge in [-0.15, -0.1) is 0 Å². The summed E-state index contributed by atoms with van der Waals surface area (Å²) >= 11 is 0. The highest BCUT2D eigenvalue weighted by atomic mass is 19.4. The molecule has 0 saturated carbocycles. The van der Waals surface area contributed by atoms with E-state index < -0.39 is 12.8 Å². The van der Waals surface area contributed by atoms with Gasteiger partial charge in [0.05, 0.1) is 5.69 Å². The number of hydrogen-bond donors (Lipinski definition) is 1. The summed E-state index contributed by atoms with van der Waals surface area (Å²) in [5.41, 5.74) is 0.803. The normalized spacial score (nSPS) is 11.5. The minimum absolute atomic E-state index is 0.0640. The van der Waals surface area contributed by atoms with Crippen LogP contribution in [0, 0.1) is 0 Å². The van der Waals surface area contributed by atoms with Gasteiger partial charge in [0.15, 0.2) is 6.61 Å². The van der Waals surface area contributed by atoms with E-state index in [2.05, 4.69) is 15.2 Å². The third-order valence-electron chi connectivity index (χ3n) is 1.92. The average Bonchev–Trinajstić information content (AvgIpc) is 2.79. The minimum atomic E-state index is -4.37. The maximum atomic E-state index is 12.0. The molecule has 0 amide bonds. The summed E-state index contributed by atoms with van der Waals surface area (Å²) in [6.45, 7) is -1.35. The number of aromatic amines is 1. The number of ether oxygens (including phenoxy) is 1. The Hall–Kier alpha value is -2.05. The van der Waals surface area contributed by atoms with E-state index >= 15 is 0 Å². The third kappa shape index (κ3) is 2.96. The van der Waals surface area contributed by atoms with Gasteiger partial charge in [-0.3, -0.25) is 10.1 Å². The molecule has 0 unspecified atom stereocenters. The van der Waals surface area contributed by atoms with Crippen LogP contribution in [0.25, 0.3) is 11.4 Å². The van der Waals surface area contributed by atoms with Crippen LogP contribution in [-0.2, 0) is 0 Å². The Kier molecular flexibility index (Phi) is 2.99. The fourth-order valence-corrected chi connectivity index (χ4v) is 1.26. The van der Waals surface area contributed by atoms with Gasteiger partial charge in [-0.25, -0.2) is 0 Å². The zero-order valence-corrected chi connectivity index (χ0v) is 8.53. The molecule has 0 atom stereocenters. The fraction of sp³-hybridized carbons (Fsp3) is 0.200. The molecule has 7 heteroatoms. The first-order valence-electron chi connectivity index (χ1n) is 4.70. The zero-order chi connectivity index (χ0) is 12.3. The number of halogens is 3. The molecule has 2 aromatic heterocycles. The smallest absolute Gasteiger partial charge is 0.422 e. The van der Waals surface area contributed by atoms with E-state index in [4.69, 9.17) is 4.74 Å². The van der Waals surface area contributed by atoms with Crippen LogP contribution in [0.5, 0.6) is 5.75 Å². The van der Waals surface area contributed by atoms with Crippen LogP contribution in [-0.4, -0.2) is 28.0 Å². The van der Waals surface area contributed by atoms with E-state index in [9.17, 15) is 13.2 Å². The van der Waals surface area contributed by atoms with Crippen LogP contribution in [0.3, 0.4) is 0 Å². The Morgan fingerprint density at radius 1 is 1.24 bits per heavy atom. The molecule has 2 heterocycles. The molecule has 0 aromatic carbocycles. The monoisotopic (exact) mass is 243 g/mol. The molecule has 0 aliphatic rings. The lowest BCUT2D eigenvalue weighted by atomic mass is 10.2. The van der Waals surface area contributed by atoms with Gasteiger partial charge in [0, 0.05) is 12.4 Å². The molecule has 0 fully saturated rings. The predicted octanol–water partition coefficient (Wildman–Crippen LogP) is 2.41. The zero-order valence-electron chi connectivity index (χ0n) is 8.53. The van der Waals surface area contributed by atoms with Crippen molar-refractivity contribution in [1.29, 1.82) is 0 Å². The van der Waals surface area contributed by atoms with E-state index in [-0.39, 0.29) is 5.75 Å². The molecule has 0 spiro atoms. The summed E-state index contributed by atoms with van der Waals surface area (Å²) in [5.74, 6) is 0.0640. The van der Waals surface area contributed by atoms with Crippen LogP contribution in [0.15, 0.2) is 30.6 Å². The van der Waals surface area contributed by atoms with Crippen molar-refractivity contribution in [2.45, 2.75) is 6.18 Å². The van der Waals surface area contributed by atoms with E-state index in [0.717, 1.165) is 0 Å². The Labute approximate surface area is 94.4 Å². The number of nitrogens with zero attached hydrogens (tertiary/aromatic N) is 2. The molecule has 0 aliphatic carbocycles. The molecule has 0 radical (unpaired) electrons. The Balaban J connectivity index is 2.23. The average molecular weight is 243 g/mol. The molecule has 0 saturated heterocycles. The molecule has 1 N–H and O–H groups in total. The number of hydrogen-bond acceptors (Lipinski definition) is 3. The summed E-state index contributed by atoms with van der Waals surface area (Å²) < 4.78 is 40.8. The molecule has 0 aliphatic heterocycles. The summed E-state index contributed by atoms with van der Waals surface area (Å²) in [7, 11) is 0. The maximum Gasteiger partial charge on any atom is 0.422 e. The molecule has 17 heavy (non-hydrogen) atoms. The molecular formula is C10H8F3N3O. The first-order valence-corrected chi connectivity index (χ1v) is 4.70. The van der Waals surface area contributed by atoms with Crippen molar-refractivity contribution in [3.05, 3.63) is 30.6 Å². The van der Waals surface area contributed by atoms with Crippen molar-refractivity contribution in [3.63, 3.8) is 0 Å². The number of nitrogens with one attached hydrogen (secondary N) is 1. The minimum Gasteiger partial charge on any atom is -0.482 e.